The summed E-state index contributed by atoms with van der Waals surface area (Å²) in [6.45, 7) is 6.02. The van der Waals surface area contributed by atoms with E-state index in [1.165, 1.54) is 0 Å². The van der Waals surface area contributed by atoms with Crippen molar-refractivity contribution >= 4 is 17.5 Å². The van der Waals surface area contributed by atoms with E-state index < -0.39 is 0 Å². The monoisotopic (exact) mass is 248 g/mol. The first-order valence-corrected chi connectivity index (χ1v) is 5.94. The molecule has 0 aliphatic rings. The second kappa shape index (κ2) is 5.67. The van der Waals surface area contributed by atoms with E-state index in [0.29, 0.717) is 17.7 Å². The Kier molecular flexibility index (Phi) is 4.48. The maximum atomic E-state index is 11.8. The van der Waals surface area contributed by atoms with Crippen molar-refractivity contribution in [3.8, 4) is 0 Å². The van der Waals surface area contributed by atoms with Crippen molar-refractivity contribution in [2.75, 3.05) is 12.4 Å². The van der Waals surface area contributed by atoms with Crippen molar-refractivity contribution < 1.29 is 9.59 Å². The van der Waals surface area contributed by atoms with Gasteiger partial charge < -0.3 is 10.6 Å². The molecule has 4 nitrogen and oxygen atoms in total. The van der Waals surface area contributed by atoms with Crippen LogP contribution in [0.1, 0.15) is 37.6 Å². The molecule has 0 fully saturated rings. The van der Waals surface area contributed by atoms with Crippen molar-refractivity contribution in [2.24, 2.45) is 5.41 Å². The highest BCUT2D eigenvalue weighted by Gasteiger charge is 2.16. The first-order valence-electron chi connectivity index (χ1n) is 5.94. The van der Waals surface area contributed by atoms with Crippen LogP contribution < -0.4 is 10.6 Å². The van der Waals surface area contributed by atoms with Crippen LogP contribution in [0.5, 0.6) is 0 Å². The molecule has 0 radical (unpaired) electrons. The van der Waals surface area contributed by atoms with E-state index in [2.05, 4.69) is 10.6 Å². The number of benzene rings is 1. The molecule has 0 atom stereocenters. The van der Waals surface area contributed by atoms with E-state index in [-0.39, 0.29) is 17.2 Å². The minimum atomic E-state index is -0.165. The van der Waals surface area contributed by atoms with Gasteiger partial charge in [-0.15, -0.1) is 0 Å². The molecule has 0 bridgehead atoms. The van der Waals surface area contributed by atoms with Crippen molar-refractivity contribution in [2.45, 2.75) is 27.2 Å². The predicted molar refractivity (Wildman–Crippen MR) is 72.5 cm³/mol. The fourth-order valence-electron chi connectivity index (χ4n) is 1.57. The third-order valence-electron chi connectivity index (χ3n) is 2.33. The summed E-state index contributed by atoms with van der Waals surface area (Å²) in [5, 5.41) is 5.35. The van der Waals surface area contributed by atoms with Gasteiger partial charge in [0.05, 0.1) is 0 Å². The zero-order valence-corrected chi connectivity index (χ0v) is 11.3. The van der Waals surface area contributed by atoms with Gasteiger partial charge in [0.15, 0.2) is 0 Å². The minimum absolute atomic E-state index is 0.0449. The molecule has 0 spiro atoms. The number of carbonyl (C=O) groups excluding carboxylic acids is 2. The average molecular weight is 248 g/mol. The maximum Gasteiger partial charge on any atom is 0.251 e. The molecule has 1 aromatic carbocycles. The highest BCUT2D eigenvalue weighted by molar-refractivity contribution is 5.97. The Balaban J connectivity index is 2.74. The first kappa shape index (κ1) is 14.2. The SMILES string of the molecule is CNC(=O)c1cccc(NC(=O)CC(C)(C)C)c1. The van der Waals surface area contributed by atoms with Gasteiger partial charge in [-0.1, -0.05) is 26.8 Å². The van der Waals surface area contributed by atoms with Crippen LogP contribution in [-0.2, 0) is 4.79 Å². The summed E-state index contributed by atoms with van der Waals surface area (Å²) in [5.74, 6) is -0.210. The van der Waals surface area contributed by atoms with Crippen LogP contribution in [0, 0.1) is 5.41 Å². The Morgan fingerprint density at radius 1 is 1.22 bits per heavy atom. The second-order valence-electron chi connectivity index (χ2n) is 5.45. The molecule has 0 aliphatic carbocycles. The van der Waals surface area contributed by atoms with Crippen LogP contribution in [0.25, 0.3) is 0 Å². The van der Waals surface area contributed by atoms with Gasteiger partial charge >= 0.3 is 0 Å². The third-order valence-corrected chi connectivity index (χ3v) is 2.33. The van der Waals surface area contributed by atoms with Crippen molar-refractivity contribution in [3.63, 3.8) is 0 Å². The molecule has 2 N–H and O–H groups in total. The van der Waals surface area contributed by atoms with Gasteiger partial charge in [-0.05, 0) is 23.6 Å². The second-order valence-corrected chi connectivity index (χ2v) is 5.45. The van der Waals surface area contributed by atoms with E-state index >= 15 is 0 Å². The van der Waals surface area contributed by atoms with Gasteiger partial charge in [0.2, 0.25) is 5.91 Å². The van der Waals surface area contributed by atoms with Gasteiger partial charge in [-0.25, -0.2) is 0 Å². The number of anilines is 1. The molecule has 0 unspecified atom stereocenters. The molecule has 2 amide bonds. The molecular weight excluding hydrogens is 228 g/mol. The van der Waals surface area contributed by atoms with Crippen LogP contribution in [-0.4, -0.2) is 18.9 Å². The first-order chi connectivity index (χ1) is 8.31. The van der Waals surface area contributed by atoms with E-state index in [1.54, 1.807) is 31.3 Å². The molecule has 1 rings (SSSR count). The summed E-state index contributed by atoms with van der Waals surface area (Å²) in [7, 11) is 1.58. The third kappa shape index (κ3) is 4.57. The lowest BCUT2D eigenvalue weighted by molar-refractivity contribution is -0.117. The molecule has 0 saturated carbocycles. The van der Waals surface area contributed by atoms with Gasteiger partial charge in [0.25, 0.3) is 5.91 Å². The van der Waals surface area contributed by atoms with E-state index in [1.807, 2.05) is 20.8 Å². The van der Waals surface area contributed by atoms with Crippen LogP contribution in [0.4, 0.5) is 5.69 Å². The molecule has 1 aromatic rings. The van der Waals surface area contributed by atoms with Crippen molar-refractivity contribution in [3.05, 3.63) is 29.8 Å². The highest BCUT2D eigenvalue weighted by Crippen LogP contribution is 2.19. The zero-order chi connectivity index (χ0) is 13.8. The smallest absolute Gasteiger partial charge is 0.251 e. The number of rotatable bonds is 3. The number of carbonyl (C=O) groups is 2. The van der Waals surface area contributed by atoms with Gasteiger partial charge in [0, 0.05) is 24.7 Å². The van der Waals surface area contributed by atoms with Crippen molar-refractivity contribution in [1.82, 2.24) is 5.32 Å². The summed E-state index contributed by atoms with van der Waals surface area (Å²) in [6, 6.07) is 6.89. The topological polar surface area (TPSA) is 58.2 Å². The summed E-state index contributed by atoms with van der Waals surface area (Å²) < 4.78 is 0. The van der Waals surface area contributed by atoms with Crippen LogP contribution in [0.2, 0.25) is 0 Å². The Hall–Kier alpha value is -1.84. The Morgan fingerprint density at radius 2 is 1.89 bits per heavy atom. The van der Waals surface area contributed by atoms with E-state index in [0.717, 1.165) is 0 Å². The largest absolute Gasteiger partial charge is 0.355 e. The fraction of sp³-hybridized carbons (Fsp3) is 0.429. The minimum Gasteiger partial charge on any atom is -0.355 e. The molecule has 4 heteroatoms. The zero-order valence-electron chi connectivity index (χ0n) is 11.3. The van der Waals surface area contributed by atoms with Gasteiger partial charge in [0.1, 0.15) is 0 Å². The van der Waals surface area contributed by atoms with Crippen LogP contribution in [0.15, 0.2) is 24.3 Å². The lowest BCUT2D eigenvalue weighted by Gasteiger charge is -2.17. The summed E-state index contributed by atoms with van der Waals surface area (Å²) >= 11 is 0. The summed E-state index contributed by atoms with van der Waals surface area (Å²) in [4.78, 5) is 23.2. The van der Waals surface area contributed by atoms with E-state index in [4.69, 9.17) is 0 Å². The number of amides is 2. The molecule has 0 heterocycles. The fourth-order valence-corrected chi connectivity index (χ4v) is 1.57. The maximum absolute atomic E-state index is 11.8. The van der Waals surface area contributed by atoms with Crippen molar-refractivity contribution in [1.29, 1.82) is 0 Å². The normalized spacial score (nSPS) is 10.9. The Morgan fingerprint density at radius 3 is 2.44 bits per heavy atom. The molecule has 0 aliphatic heterocycles. The van der Waals surface area contributed by atoms with Crippen LogP contribution >= 0.6 is 0 Å². The predicted octanol–water partition coefficient (Wildman–Crippen LogP) is 2.42. The Labute approximate surface area is 108 Å². The molecular formula is C14H20N2O2. The Bertz CT molecular complexity index is 447. The van der Waals surface area contributed by atoms with Crippen LogP contribution in [0.3, 0.4) is 0 Å². The standard InChI is InChI=1S/C14H20N2O2/c1-14(2,3)9-12(17)16-11-7-5-6-10(8-11)13(18)15-4/h5-8H,9H2,1-4H3,(H,15,18)(H,16,17). The number of hydrogen-bond acceptors (Lipinski definition) is 2. The number of hydrogen-bond donors (Lipinski definition) is 2. The highest BCUT2D eigenvalue weighted by atomic mass is 16.2. The molecule has 18 heavy (non-hydrogen) atoms. The quantitative estimate of drug-likeness (QED) is 0.863. The van der Waals surface area contributed by atoms with Gasteiger partial charge in [-0.3, -0.25) is 9.59 Å². The molecule has 0 aromatic heterocycles. The molecule has 98 valence electrons. The molecule has 0 saturated heterocycles. The summed E-state index contributed by atoms with van der Waals surface area (Å²) in [5.41, 5.74) is 1.12. The average Bonchev–Trinajstić information content (AvgIpc) is 2.25. The lowest BCUT2D eigenvalue weighted by Crippen LogP contribution is -2.21. The number of nitrogens with one attached hydrogen (secondary N) is 2. The van der Waals surface area contributed by atoms with Gasteiger partial charge in [-0.2, -0.15) is 0 Å². The van der Waals surface area contributed by atoms with E-state index in [9.17, 15) is 9.59 Å². The summed E-state index contributed by atoms with van der Waals surface area (Å²) in [6.07, 6.45) is 0.442. The lowest BCUT2D eigenvalue weighted by atomic mass is 9.92.